The Hall–Kier alpha value is -3.28. The van der Waals surface area contributed by atoms with E-state index in [4.69, 9.17) is 0 Å². The van der Waals surface area contributed by atoms with Crippen LogP contribution in [-0.4, -0.2) is 17.4 Å². The van der Waals surface area contributed by atoms with E-state index < -0.39 is 23.2 Å². The van der Waals surface area contributed by atoms with Crippen molar-refractivity contribution in [3.8, 4) is 0 Å². The van der Waals surface area contributed by atoms with Gasteiger partial charge < -0.3 is 10.2 Å². The van der Waals surface area contributed by atoms with Gasteiger partial charge in [0.2, 0.25) is 0 Å². The predicted molar refractivity (Wildman–Crippen MR) is 97.7 cm³/mol. The maximum absolute atomic E-state index is 13.6. The van der Waals surface area contributed by atoms with Crippen molar-refractivity contribution < 1.29 is 13.6 Å². The minimum atomic E-state index is -0.837. The predicted octanol–water partition coefficient (Wildman–Crippen LogP) is 4.77. The number of pyridine rings is 1. The number of rotatable bonds is 5. The monoisotopic (exact) mass is 353 g/mol. The van der Waals surface area contributed by atoms with E-state index in [1.165, 1.54) is 12.1 Å². The van der Waals surface area contributed by atoms with Crippen LogP contribution in [0.5, 0.6) is 0 Å². The third-order valence-electron chi connectivity index (χ3n) is 3.88. The zero-order valence-corrected chi connectivity index (χ0v) is 14.1. The van der Waals surface area contributed by atoms with Crippen molar-refractivity contribution >= 4 is 23.0 Å². The number of hydrogen-bond donors (Lipinski definition) is 1. The highest BCUT2D eigenvalue weighted by molar-refractivity contribution is 6.03. The summed E-state index contributed by atoms with van der Waals surface area (Å²) in [6.45, 7) is 2.73. The van der Waals surface area contributed by atoms with Crippen molar-refractivity contribution in [2.24, 2.45) is 0 Å². The Kier molecular flexibility index (Phi) is 5.22. The van der Waals surface area contributed by atoms with Gasteiger partial charge in [0.1, 0.15) is 23.0 Å². The first kappa shape index (κ1) is 17.5. The molecular weight excluding hydrogens is 336 g/mol. The number of aromatic nitrogens is 1. The molecule has 1 N–H and O–H groups in total. The van der Waals surface area contributed by atoms with E-state index in [0.29, 0.717) is 0 Å². The fourth-order valence-corrected chi connectivity index (χ4v) is 2.60. The molecule has 0 aliphatic carbocycles. The van der Waals surface area contributed by atoms with Gasteiger partial charge in [-0.15, -0.1) is 0 Å². The van der Waals surface area contributed by atoms with E-state index in [1.807, 2.05) is 42.2 Å². The molecule has 6 heteroatoms. The van der Waals surface area contributed by atoms with E-state index in [2.05, 4.69) is 10.3 Å². The van der Waals surface area contributed by atoms with Gasteiger partial charge in [0, 0.05) is 12.2 Å². The van der Waals surface area contributed by atoms with Crippen LogP contribution in [0.2, 0.25) is 0 Å². The molecule has 0 saturated carbocycles. The Labute approximate surface area is 150 Å². The molecule has 0 bridgehead atoms. The van der Waals surface area contributed by atoms with Crippen molar-refractivity contribution in [2.75, 3.05) is 16.8 Å². The first-order valence-corrected chi connectivity index (χ1v) is 8.14. The SMILES string of the molecule is CCN(c1ccccc1)c1ccc(C(=O)Nc2c(F)cccc2F)nc1. The van der Waals surface area contributed by atoms with Crippen LogP contribution in [0.3, 0.4) is 0 Å². The highest BCUT2D eigenvalue weighted by Crippen LogP contribution is 2.24. The Morgan fingerprint density at radius 3 is 2.23 bits per heavy atom. The fraction of sp³-hybridized carbons (Fsp3) is 0.100. The molecule has 4 nitrogen and oxygen atoms in total. The van der Waals surface area contributed by atoms with Crippen LogP contribution in [0.15, 0.2) is 66.9 Å². The molecule has 3 rings (SSSR count). The highest BCUT2D eigenvalue weighted by atomic mass is 19.1. The molecule has 2 aromatic carbocycles. The van der Waals surface area contributed by atoms with Crippen LogP contribution in [0.1, 0.15) is 17.4 Å². The van der Waals surface area contributed by atoms with Crippen molar-refractivity contribution in [2.45, 2.75) is 6.92 Å². The van der Waals surface area contributed by atoms with E-state index in [1.54, 1.807) is 12.3 Å². The number of para-hydroxylation sites is 2. The molecule has 1 amide bonds. The smallest absolute Gasteiger partial charge is 0.274 e. The number of nitrogens with one attached hydrogen (secondary N) is 1. The zero-order valence-electron chi connectivity index (χ0n) is 14.1. The van der Waals surface area contributed by atoms with E-state index >= 15 is 0 Å². The first-order chi connectivity index (χ1) is 12.6. The minimum Gasteiger partial charge on any atom is -0.341 e. The van der Waals surface area contributed by atoms with E-state index in [9.17, 15) is 13.6 Å². The highest BCUT2D eigenvalue weighted by Gasteiger charge is 2.15. The van der Waals surface area contributed by atoms with Crippen LogP contribution in [-0.2, 0) is 0 Å². The number of anilines is 3. The van der Waals surface area contributed by atoms with Crippen LogP contribution in [0.25, 0.3) is 0 Å². The Morgan fingerprint density at radius 1 is 0.962 bits per heavy atom. The fourth-order valence-electron chi connectivity index (χ4n) is 2.60. The number of carbonyl (C=O) groups is 1. The summed E-state index contributed by atoms with van der Waals surface area (Å²) in [5.41, 5.74) is 1.40. The van der Waals surface area contributed by atoms with Gasteiger partial charge in [0.15, 0.2) is 0 Å². The summed E-state index contributed by atoms with van der Waals surface area (Å²) in [5.74, 6) is -2.35. The lowest BCUT2D eigenvalue weighted by atomic mass is 10.2. The van der Waals surface area contributed by atoms with Gasteiger partial charge >= 0.3 is 0 Å². The summed E-state index contributed by atoms with van der Waals surface area (Å²) in [4.78, 5) is 18.4. The van der Waals surface area contributed by atoms with Gasteiger partial charge in [-0.2, -0.15) is 0 Å². The van der Waals surface area contributed by atoms with Gasteiger partial charge in [-0.25, -0.2) is 13.8 Å². The molecule has 132 valence electrons. The van der Waals surface area contributed by atoms with Gasteiger partial charge in [-0.1, -0.05) is 24.3 Å². The maximum atomic E-state index is 13.6. The summed E-state index contributed by atoms with van der Waals surface area (Å²) in [6.07, 6.45) is 1.56. The van der Waals surface area contributed by atoms with Crippen LogP contribution >= 0.6 is 0 Å². The summed E-state index contributed by atoms with van der Waals surface area (Å²) in [6, 6.07) is 16.4. The normalized spacial score (nSPS) is 10.4. The average molecular weight is 353 g/mol. The molecule has 0 atom stereocenters. The van der Waals surface area contributed by atoms with Gasteiger partial charge in [0.05, 0.1) is 11.9 Å². The summed E-state index contributed by atoms with van der Waals surface area (Å²) in [5, 5.41) is 2.22. The molecule has 26 heavy (non-hydrogen) atoms. The lowest BCUT2D eigenvalue weighted by molar-refractivity contribution is 0.102. The first-order valence-electron chi connectivity index (χ1n) is 8.14. The van der Waals surface area contributed by atoms with E-state index in [0.717, 1.165) is 30.1 Å². The molecule has 0 saturated heterocycles. The number of halogens is 2. The zero-order chi connectivity index (χ0) is 18.5. The van der Waals surface area contributed by atoms with Gasteiger partial charge in [0.25, 0.3) is 5.91 Å². The molecule has 0 radical (unpaired) electrons. The summed E-state index contributed by atoms with van der Waals surface area (Å²) >= 11 is 0. The second-order valence-electron chi connectivity index (χ2n) is 5.53. The second-order valence-corrected chi connectivity index (χ2v) is 5.53. The number of carbonyl (C=O) groups excluding carboxylic acids is 1. The minimum absolute atomic E-state index is 0.0699. The van der Waals surface area contributed by atoms with Crippen LogP contribution < -0.4 is 10.2 Å². The summed E-state index contributed by atoms with van der Waals surface area (Å²) < 4.78 is 27.3. The third kappa shape index (κ3) is 3.69. The van der Waals surface area contributed by atoms with Crippen LogP contribution in [0, 0.1) is 11.6 Å². The topological polar surface area (TPSA) is 45.2 Å². The quantitative estimate of drug-likeness (QED) is 0.719. The lowest BCUT2D eigenvalue weighted by Crippen LogP contribution is -2.18. The van der Waals surface area contributed by atoms with Gasteiger partial charge in [-0.3, -0.25) is 4.79 Å². The molecule has 3 aromatic rings. The third-order valence-corrected chi connectivity index (χ3v) is 3.88. The molecule has 0 aliphatic heterocycles. The molecule has 1 heterocycles. The van der Waals surface area contributed by atoms with Crippen molar-refractivity contribution in [1.82, 2.24) is 4.98 Å². The molecule has 0 spiro atoms. The standard InChI is InChI=1S/C20H17F2N3O/c1-2-25(14-7-4-3-5-8-14)15-11-12-18(23-13-15)20(26)24-19-16(21)9-6-10-17(19)22/h3-13H,2H2,1H3,(H,24,26). The Balaban J connectivity index is 1.80. The second kappa shape index (κ2) is 7.74. The van der Waals surface area contributed by atoms with Crippen LogP contribution in [0.4, 0.5) is 25.8 Å². The number of amides is 1. The van der Waals surface area contributed by atoms with Gasteiger partial charge in [-0.05, 0) is 43.3 Å². The largest absolute Gasteiger partial charge is 0.341 e. The van der Waals surface area contributed by atoms with Crippen molar-refractivity contribution in [3.05, 3.63) is 84.2 Å². The summed E-state index contributed by atoms with van der Waals surface area (Å²) in [7, 11) is 0. The lowest BCUT2D eigenvalue weighted by Gasteiger charge is -2.23. The molecular formula is C20H17F2N3O. The van der Waals surface area contributed by atoms with Crippen molar-refractivity contribution in [1.29, 1.82) is 0 Å². The molecule has 0 fully saturated rings. The maximum Gasteiger partial charge on any atom is 0.274 e. The molecule has 1 aromatic heterocycles. The molecule has 0 aliphatic rings. The Morgan fingerprint density at radius 2 is 1.65 bits per heavy atom. The average Bonchev–Trinajstić information content (AvgIpc) is 2.67. The number of benzene rings is 2. The number of hydrogen-bond acceptors (Lipinski definition) is 3. The Bertz CT molecular complexity index is 878. The van der Waals surface area contributed by atoms with E-state index in [-0.39, 0.29) is 5.69 Å². The number of nitrogens with zero attached hydrogens (tertiary/aromatic N) is 2. The van der Waals surface area contributed by atoms with Crippen molar-refractivity contribution in [3.63, 3.8) is 0 Å². The molecule has 0 unspecified atom stereocenters.